The summed E-state index contributed by atoms with van der Waals surface area (Å²) in [6.07, 6.45) is -4.41. The molecular weight excluding hydrogens is 488 g/mol. The Morgan fingerprint density at radius 3 is 2.47 bits per heavy atom. The lowest BCUT2D eigenvalue weighted by Crippen LogP contribution is -2.39. The third kappa shape index (κ3) is 6.53. The van der Waals surface area contributed by atoms with Crippen molar-refractivity contribution in [1.82, 2.24) is 9.80 Å². The van der Waals surface area contributed by atoms with Crippen LogP contribution >= 0.6 is 11.3 Å². The molecule has 1 saturated heterocycles. The lowest BCUT2D eigenvalue weighted by atomic mass is 9.87. The topological polar surface area (TPSA) is 23.6 Å². The third-order valence-electron chi connectivity index (χ3n) is 6.54. The van der Waals surface area contributed by atoms with Gasteiger partial charge in [-0.05, 0) is 59.2 Å². The molecule has 0 saturated carbocycles. The van der Waals surface area contributed by atoms with Gasteiger partial charge in [0.05, 0.1) is 5.56 Å². The number of benzene rings is 2. The van der Waals surface area contributed by atoms with Crippen LogP contribution in [0.3, 0.4) is 0 Å². The van der Waals surface area contributed by atoms with Gasteiger partial charge in [0.25, 0.3) is 5.91 Å². The van der Waals surface area contributed by atoms with Gasteiger partial charge in [0.1, 0.15) is 5.82 Å². The van der Waals surface area contributed by atoms with Crippen LogP contribution in [0.15, 0.2) is 66.0 Å². The Morgan fingerprint density at radius 2 is 1.83 bits per heavy atom. The summed E-state index contributed by atoms with van der Waals surface area (Å²) in [5.41, 5.74) is 0.389. The number of nitrogens with zero attached hydrogens (tertiary/aromatic N) is 2. The van der Waals surface area contributed by atoms with E-state index in [9.17, 15) is 22.4 Å². The lowest BCUT2D eigenvalue weighted by Gasteiger charge is -2.30. The number of halogens is 4. The minimum atomic E-state index is -4.41. The summed E-state index contributed by atoms with van der Waals surface area (Å²) >= 11 is 1.65. The monoisotopic (exact) mass is 518 g/mol. The van der Waals surface area contributed by atoms with Crippen molar-refractivity contribution in [1.29, 1.82) is 0 Å². The minimum absolute atomic E-state index is 0.0448. The van der Waals surface area contributed by atoms with Crippen molar-refractivity contribution in [2.24, 2.45) is 11.8 Å². The molecular formula is C28H30F4N2OS. The average Bonchev–Trinajstić information content (AvgIpc) is 3.48. The molecule has 3 nitrogen and oxygen atoms in total. The van der Waals surface area contributed by atoms with Crippen LogP contribution in [-0.2, 0) is 12.7 Å². The molecule has 2 heterocycles. The number of amides is 1. The van der Waals surface area contributed by atoms with Crippen molar-refractivity contribution in [2.75, 3.05) is 26.2 Å². The smallest absolute Gasteiger partial charge is 0.338 e. The Hall–Kier alpha value is -2.71. The molecule has 1 aliphatic rings. The van der Waals surface area contributed by atoms with Crippen LogP contribution in [-0.4, -0.2) is 41.9 Å². The van der Waals surface area contributed by atoms with E-state index in [1.807, 2.05) is 25.3 Å². The van der Waals surface area contributed by atoms with Crippen LogP contribution in [0.2, 0.25) is 0 Å². The molecule has 0 radical (unpaired) electrons. The maximum Gasteiger partial charge on any atom is 0.416 e. The maximum atomic E-state index is 13.5. The van der Waals surface area contributed by atoms with Gasteiger partial charge in [-0.1, -0.05) is 38.1 Å². The van der Waals surface area contributed by atoms with E-state index in [2.05, 4.69) is 11.0 Å². The van der Waals surface area contributed by atoms with Gasteiger partial charge in [0.2, 0.25) is 0 Å². The van der Waals surface area contributed by atoms with E-state index in [-0.39, 0.29) is 23.7 Å². The average molecular weight is 519 g/mol. The normalized spacial score (nSPS) is 18.6. The van der Waals surface area contributed by atoms with E-state index in [0.29, 0.717) is 37.3 Å². The zero-order valence-corrected chi connectivity index (χ0v) is 21.2. The Balaban J connectivity index is 1.62. The second-order valence-electron chi connectivity index (χ2n) is 9.87. The van der Waals surface area contributed by atoms with E-state index in [4.69, 9.17) is 0 Å². The highest BCUT2D eigenvalue weighted by atomic mass is 32.1. The molecule has 3 aromatic rings. The second kappa shape index (κ2) is 11.1. The van der Waals surface area contributed by atoms with Gasteiger partial charge in [-0.3, -0.25) is 9.69 Å². The zero-order valence-electron chi connectivity index (χ0n) is 20.3. The zero-order chi connectivity index (χ0) is 25.9. The maximum absolute atomic E-state index is 13.5. The molecule has 8 heteroatoms. The standard InChI is InChI=1S/C28H30F4N2OS/c1-19(2)14-34(27(35)20-8-10-24(29)11-9-20)16-22-15-33(17-25-7-4-12-36-25)18-26(22)21-5-3-6-23(13-21)28(30,31)32/h3-13,19,22,26H,14-18H2,1-2H3. The number of rotatable bonds is 8. The molecule has 2 aromatic carbocycles. The first-order valence-corrected chi connectivity index (χ1v) is 12.9. The van der Waals surface area contributed by atoms with Gasteiger partial charge >= 0.3 is 6.18 Å². The first-order valence-electron chi connectivity index (χ1n) is 12.1. The largest absolute Gasteiger partial charge is 0.416 e. The van der Waals surface area contributed by atoms with Crippen LogP contribution in [0.5, 0.6) is 0 Å². The van der Waals surface area contributed by atoms with Crippen molar-refractivity contribution in [2.45, 2.75) is 32.5 Å². The number of alkyl halides is 3. The van der Waals surface area contributed by atoms with Crippen molar-refractivity contribution in [3.8, 4) is 0 Å². The van der Waals surface area contributed by atoms with Crippen molar-refractivity contribution >= 4 is 17.2 Å². The number of carbonyl (C=O) groups is 1. The first kappa shape index (κ1) is 26.4. The quantitative estimate of drug-likeness (QED) is 0.302. The highest BCUT2D eigenvalue weighted by Gasteiger charge is 2.38. The molecule has 0 bridgehead atoms. The number of likely N-dealkylation sites (tertiary alicyclic amines) is 1. The number of carbonyl (C=O) groups excluding carboxylic acids is 1. The minimum Gasteiger partial charge on any atom is -0.338 e. The van der Waals surface area contributed by atoms with Crippen LogP contribution < -0.4 is 0 Å². The van der Waals surface area contributed by atoms with Crippen LogP contribution in [0.4, 0.5) is 17.6 Å². The van der Waals surface area contributed by atoms with E-state index >= 15 is 0 Å². The van der Waals surface area contributed by atoms with Gasteiger partial charge in [-0.2, -0.15) is 13.2 Å². The highest BCUT2D eigenvalue weighted by Crippen LogP contribution is 2.38. The molecule has 2 atom stereocenters. The predicted octanol–water partition coefficient (Wildman–Crippen LogP) is 6.92. The summed E-state index contributed by atoms with van der Waals surface area (Å²) in [5, 5.41) is 2.01. The Kier molecular flexibility index (Phi) is 8.15. The molecule has 0 aliphatic carbocycles. The summed E-state index contributed by atoms with van der Waals surface area (Å²) in [7, 11) is 0. The van der Waals surface area contributed by atoms with Crippen LogP contribution in [0.1, 0.15) is 46.1 Å². The second-order valence-corrected chi connectivity index (χ2v) is 10.9. The lowest BCUT2D eigenvalue weighted by molar-refractivity contribution is -0.137. The van der Waals surface area contributed by atoms with Crippen molar-refractivity contribution in [3.05, 3.63) is 93.4 Å². The molecule has 192 valence electrons. The molecule has 1 aromatic heterocycles. The molecule has 0 N–H and O–H groups in total. The number of hydrogen-bond donors (Lipinski definition) is 0. The highest BCUT2D eigenvalue weighted by molar-refractivity contribution is 7.09. The molecule has 4 rings (SSSR count). The third-order valence-corrected chi connectivity index (χ3v) is 7.40. The fraction of sp³-hybridized carbons (Fsp3) is 0.393. The Bertz CT molecular complexity index is 1150. The Morgan fingerprint density at radius 1 is 1.08 bits per heavy atom. The molecule has 2 unspecified atom stereocenters. The first-order chi connectivity index (χ1) is 17.1. The van der Waals surface area contributed by atoms with E-state index in [1.165, 1.54) is 41.3 Å². The molecule has 1 amide bonds. The van der Waals surface area contributed by atoms with E-state index in [1.54, 1.807) is 22.3 Å². The Labute approximate surface area is 213 Å². The SMILES string of the molecule is CC(C)CN(CC1CN(Cc2cccs2)CC1c1cccc(C(F)(F)F)c1)C(=O)c1ccc(F)cc1. The molecule has 36 heavy (non-hydrogen) atoms. The van der Waals surface area contributed by atoms with Crippen LogP contribution in [0, 0.1) is 17.7 Å². The summed E-state index contributed by atoms with van der Waals surface area (Å²) in [6, 6.07) is 15.1. The van der Waals surface area contributed by atoms with Gasteiger partial charge in [0, 0.05) is 49.1 Å². The van der Waals surface area contributed by atoms with Crippen molar-refractivity contribution in [3.63, 3.8) is 0 Å². The van der Waals surface area contributed by atoms with Gasteiger partial charge in [-0.25, -0.2) is 4.39 Å². The number of hydrogen-bond acceptors (Lipinski definition) is 3. The van der Waals surface area contributed by atoms with Gasteiger partial charge < -0.3 is 4.90 Å². The summed E-state index contributed by atoms with van der Waals surface area (Å²) in [6.45, 7) is 6.97. The van der Waals surface area contributed by atoms with Crippen molar-refractivity contribution < 1.29 is 22.4 Å². The fourth-order valence-corrected chi connectivity index (χ4v) is 5.71. The van der Waals surface area contributed by atoms with Crippen LogP contribution in [0.25, 0.3) is 0 Å². The van der Waals surface area contributed by atoms with Gasteiger partial charge in [-0.15, -0.1) is 11.3 Å². The van der Waals surface area contributed by atoms with E-state index < -0.39 is 17.6 Å². The van der Waals surface area contributed by atoms with Gasteiger partial charge in [0.15, 0.2) is 0 Å². The molecule has 0 spiro atoms. The summed E-state index contributed by atoms with van der Waals surface area (Å²) < 4.78 is 53.8. The molecule has 1 fully saturated rings. The summed E-state index contributed by atoms with van der Waals surface area (Å²) in [4.78, 5) is 18.6. The predicted molar refractivity (Wildman–Crippen MR) is 134 cm³/mol. The fourth-order valence-electron chi connectivity index (χ4n) is 4.96. The van der Waals surface area contributed by atoms with E-state index in [0.717, 1.165) is 12.6 Å². The molecule has 1 aliphatic heterocycles. The number of thiophene rings is 1. The summed E-state index contributed by atoms with van der Waals surface area (Å²) in [5.74, 6) is -0.598.